The minimum absolute atomic E-state index is 0.0989. The molecule has 1 unspecified atom stereocenters. The lowest BCUT2D eigenvalue weighted by Crippen LogP contribution is -2.42. The number of anilines is 1. The Kier molecular flexibility index (Phi) is 7.74. The second kappa shape index (κ2) is 10.9. The standard InChI is InChI=1S/C25H34N6O3/c1-17-3-4-20-14-30(8-5-19(20)11-17)15-22(33)13-26-25(34)23-12-24(28-16-27-23)29-21-6-9-31(10-7-21)18(2)32/h3-4,11-12,16,21-22,33H,5-10,13-15H2,1-2H3,(H,26,34)(H,27,28,29). The molecule has 0 aliphatic carbocycles. The minimum Gasteiger partial charge on any atom is -0.390 e. The third kappa shape index (κ3) is 6.30. The second-order valence-electron chi connectivity index (χ2n) is 9.33. The van der Waals surface area contributed by atoms with E-state index in [1.807, 2.05) is 4.90 Å². The highest BCUT2D eigenvalue weighted by atomic mass is 16.3. The summed E-state index contributed by atoms with van der Waals surface area (Å²) in [4.78, 5) is 36.5. The minimum atomic E-state index is -0.665. The fraction of sp³-hybridized carbons (Fsp3) is 0.520. The summed E-state index contributed by atoms with van der Waals surface area (Å²) in [5.41, 5.74) is 4.22. The summed E-state index contributed by atoms with van der Waals surface area (Å²) in [7, 11) is 0. The van der Waals surface area contributed by atoms with Crippen molar-refractivity contribution in [2.75, 3.05) is 38.0 Å². The van der Waals surface area contributed by atoms with Crippen LogP contribution in [0.5, 0.6) is 0 Å². The van der Waals surface area contributed by atoms with Gasteiger partial charge in [0.15, 0.2) is 0 Å². The molecule has 3 N–H and O–H groups in total. The summed E-state index contributed by atoms with van der Waals surface area (Å²) in [6, 6.07) is 8.35. The normalized spacial score (nSPS) is 17.7. The van der Waals surface area contributed by atoms with Gasteiger partial charge in [0.05, 0.1) is 6.10 Å². The number of carbonyl (C=O) groups is 2. The number of nitrogens with one attached hydrogen (secondary N) is 2. The van der Waals surface area contributed by atoms with Crippen molar-refractivity contribution >= 4 is 17.6 Å². The van der Waals surface area contributed by atoms with E-state index in [-0.39, 0.29) is 30.1 Å². The van der Waals surface area contributed by atoms with Crippen LogP contribution in [-0.2, 0) is 17.8 Å². The monoisotopic (exact) mass is 466 g/mol. The number of benzene rings is 1. The summed E-state index contributed by atoms with van der Waals surface area (Å²) in [5, 5.41) is 16.6. The van der Waals surface area contributed by atoms with Gasteiger partial charge in [-0.2, -0.15) is 0 Å². The summed E-state index contributed by atoms with van der Waals surface area (Å²) in [6.45, 7) is 7.49. The second-order valence-corrected chi connectivity index (χ2v) is 9.33. The van der Waals surface area contributed by atoms with Crippen molar-refractivity contribution in [3.63, 3.8) is 0 Å². The third-order valence-corrected chi connectivity index (χ3v) is 6.61. The Morgan fingerprint density at radius 3 is 2.71 bits per heavy atom. The number of piperidine rings is 1. The number of β-amino-alcohol motifs (C(OH)–C–C–N with tert-alkyl or cyclic N) is 1. The number of aliphatic hydroxyl groups is 1. The Morgan fingerprint density at radius 2 is 1.94 bits per heavy atom. The van der Waals surface area contributed by atoms with Gasteiger partial charge >= 0.3 is 0 Å². The number of rotatable bonds is 7. The van der Waals surface area contributed by atoms with E-state index in [0.29, 0.717) is 25.5 Å². The maximum atomic E-state index is 12.6. The lowest BCUT2D eigenvalue weighted by molar-refractivity contribution is -0.129. The largest absolute Gasteiger partial charge is 0.390 e. The van der Waals surface area contributed by atoms with Gasteiger partial charge in [0, 0.05) is 58.3 Å². The van der Waals surface area contributed by atoms with Gasteiger partial charge in [-0.15, -0.1) is 0 Å². The van der Waals surface area contributed by atoms with Crippen LogP contribution < -0.4 is 10.6 Å². The van der Waals surface area contributed by atoms with Crippen molar-refractivity contribution in [3.05, 3.63) is 53.0 Å². The molecule has 1 aromatic heterocycles. The van der Waals surface area contributed by atoms with Crippen molar-refractivity contribution in [1.82, 2.24) is 25.1 Å². The molecule has 2 aliphatic rings. The van der Waals surface area contributed by atoms with Gasteiger partial charge in [0.2, 0.25) is 5.91 Å². The molecule has 0 saturated carbocycles. The average molecular weight is 467 g/mol. The Labute approximate surface area is 200 Å². The molecule has 1 saturated heterocycles. The molecule has 2 aliphatic heterocycles. The molecule has 1 atom stereocenters. The Morgan fingerprint density at radius 1 is 1.15 bits per heavy atom. The number of aromatic nitrogens is 2. The predicted octanol–water partition coefficient (Wildman–Crippen LogP) is 1.36. The fourth-order valence-corrected chi connectivity index (χ4v) is 4.67. The van der Waals surface area contributed by atoms with Crippen molar-refractivity contribution in [1.29, 1.82) is 0 Å². The zero-order chi connectivity index (χ0) is 24.1. The highest BCUT2D eigenvalue weighted by molar-refractivity contribution is 5.92. The molecule has 0 bridgehead atoms. The molecule has 4 rings (SSSR count). The number of likely N-dealkylation sites (tertiary alicyclic amines) is 1. The van der Waals surface area contributed by atoms with Crippen LogP contribution in [0.1, 0.15) is 46.9 Å². The molecule has 182 valence electrons. The molecular weight excluding hydrogens is 432 g/mol. The molecule has 2 amide bonds. The molecule has 1 fully saturated rings. The van der Waals surface area contributed by atoms with E-state index in [1.54, 1.807) is 13.0 Å². The Hall–Kier alpha value is -3.04. The first kappa shape index (κ1) is 24.1. The summed E-state index contributed by atoms with van der Waals surface area (Å²) in [5.74, 6) is 0.348. The van der Waals surface area contributed by atoms with E-state index in [1.165, 1.54) is 23.0 Å². The van der Waals surface area contributed by atoms with E-state index in [2.05, 4.69) is 50.6 Å². The molecule has 0 spiro atoms. The number of aliphatic hydroxyl groups excluding tert-OH is 1. The number of carbonyl (C=O) groups excluding carboxylic acids is 2. The van der Waals surface area contributed by atoms with Crippen LogP contribution in [0.15, 0.2) is 30.6 Å². The molecule has 2 aromatic rings. The van der Waals surface area contributed by atoms with E-state index < -0.39 is 6.10 Å². The van der Waals surface area contributed by atoms with E-state index in [9.17, 15) is 14.7 Å². The van der Waals surface area contributed by atoms with Gasteiger partial charge < -0.3 is 20.6 Å². The molecule has 9 nitrogen and oxygen atoms in total. The summed E-state index contributed by atoms with van der Waals surface area (Å²) < 4.78 is 0. The maximum absolute atomic E-state index is 12.6. The zero-order valence-electron chi connectivity index (χ0n) is 20.0. The molecule has 0 radical (unpaired) electrons. The Balaban J connectivity index is 1.23. The van der Waals surface area contributed by atoms with Crippen molar-refractivity contribution in [2.45, 2.75) is 51.8 Å². The van der Waals surface area contributed by atoms with Gasteiger partial charge in [-0.3, -0.25) is 14.5 Å². The van der Waals surface area contributed by atoms with Gasteiger partial charge in [-0.05, 0) is 37.3 Å². The van der Waals surface area contributed by atoms with Crippen LogP contribution in [0.25, 0.3) is 0 Å². The van der Waals surface area contributed by atoms with Crippen LogP contribution in [0.3, 0.4) is 0 Å². The number of aryl methyl sites for hydroxylation is 1. The van der Waals surface area contributed by atoms with E-state index >= 15 is 0 Å². The van der Waals surface area contributed by atoms with Gasteiger partial charge in [-0.1, -0.05) is 23.8 Å². The number of fused-ring (bicyclic) bond motifs is 1. The van der Waals surface area contributed by atoms with Crippen LogP contribution in [0.2, 0.25) is 0 Å². The van der Waals surface area contributed by atoms with Crippen LogP contribution in [-0.4, -0.2) is 81.6 Å². The van der Waals surface area contributed by atoms with Crippen LogP contribution in [0, 0.1) is 6.92 Å². The van der Waals surface area contributed by atoms with Gasteiger partial charge in [0.1, 0.15) is 17.8 Å². The lowest BCUT2D eigenvalue weighted by Gasteiger charge is -2.31. The molecular formula is C25H34N6O3. The van der Waals surface area contributed by atoms with Crippen molar-refractivity contribution in [2.24, 2.45) is 0 Å². The molecule has 34 heavy (non-hydrogen) atoms. The molecule has 1 aromatic carbocycles. The molecule has 3 heterocycles. The van der Waals surface area contributed by atoms with Gasteiger partial charge in [-0.25, -0.2) is 9.97 Å². The SMILES string of the molecule is CC(=O)N1CCC(Nc2cc(C(=O)NCC(O)CN3CCc4cc(C)ccc4C3)ncn2)CC1. The first-order valence-electron chi connectivity index (χ1n) is 12.0. The third-order valence-electron chi connectivity index (χ3n) is 6.61. The van der Waals surface area contributed by atoms with E-state index in [0.717, 1.165) is 32.4 Å². The topological polar surface area (TPSA) is 111 Å². The number of hydrogen-bond donors (Lipinski definition) is 3. The smallest absolute Gasteiger partial charge is 0.270 e. The Bertz CT molecular complexity index is 1020. The van der Waals surface area contributed by atoms with Gasteiger partial charge in [0.25, 0.3) is 5.91 Å². The average Bonchev–Trinajstić information content (AvgIpc) is 2.83. The number of amides is 2. The highest BCUT2D eigenvalue weighted by Gasteiger charge is 2.22. The fourth-order valence-electron chi connectivity index (χ4n) is 4.67. The zero-order valence-corrected chi connectivity index (χ0v) is 20.0. The highest BCUT2D eigenvalue weighted by Crippen LogP contribution is 2.20. The molecule has 9 heteroatoms. The van der Waals surface area contributed by atoms with Crippen molar-refractivity contribution < 1.29 is 14.7 Å². The first-order chi connectivity index (χ1) is 16.4. The number of nitrogens with zero attached hydrogens (tertiary/aromatic N) is 4. The lowest BCUT2D eigenvalue weighted by atomic mass is 9.97. The maximum Gasteiger partial charge on any atom is 0.270 e. The summed E-state index contributed by atoms with van der Waals surface area (Å²) in [6.07, 6.45) is 3.34. The predicted molar refractivity (Wildman–Crippen MR) is 129 cm³/mol. The summed E-state index contributed by atoms with van der Waals surface area (Å²) >= 11 is 0. The van der Waals surface area contributed by atoms with E-state index in [4.69, 9.17) is 0 Å². The van der Waals surface area contributed by atoms with Crippen LogP contribution >= 0.6 is 0 Å². The first-order valence-corrected chi connectivity index (χ1v) is 12.0. The quantitative estimate of drug-likeness (QED) is 0.565. The van der Waals surface area contributed by atoms with Crippen molar-refractivity contribution in [3.8, 4) is 0 Å². The van der Waals surface area contributed by atoms with Crippen LogP contribution in [0.4, 0.5) is 5.82 Å². The number of hydrogen-bond acceptors (Lipinski definition) is 7.